The number of anilines is 1. The number of carboxylic acids is 1. The second-order valence-electron chi connectivity index (χ2n) is 4.56. The van der Waals surface area contributed by atoms with E-state index in [-0.39, 0.29) is 12.5 Å². The smallest absolute Gasteiger partial charge is 0.305 e. The molecule has 1 N–H and O–H groups in total. The predicted molar refractivity (Wildman–Crippen MR) is 72.0 cm³/mol. The number of carboxylic acid groups (broad SMARTS) is 1. The Hall–Kier alpha value is -1.89. The second kappa shape index (κ2) is 7.04. The summed E-state index contributed by atoms with van der Waals surface area (Å²) in [5.41, 5.74) is 0. The van der Waals surface area contributed by atoms with Gasteiger partial charge >= 0.3 is 5.97 Å². The molecule has 7 nitrogen and oxygen atoms in total. The lowest BCUT2D eigenvalue weighted by atomic mass is 10.1. The van der Waals surface area contributed by atoms with E-state index in [9.17, 15) is 4.79 Å². The summed E-state index contributed by atoms with van der Waals surface area (Å²) in [5.74, 6) is 0.148. The van der Waals surface area contributed by atoms with E-state index in [1.54, 1.807) is 12.3 Å². The Labute approximate surface area is 117 Å². The van der Waals surface area contributed by atoms with E-state index in [0.29, 0.717) is 38.2 Å². The van der Waals surface area contributed by atoms with E-state index in [0.717, 1.165) is 6.42 Å². The maximum Gasteiger partial charge on any atom is 0.305 e. The van der Waals surface area contributed by atoms with E-state index in [1.807, 2.05) is 11.8 Å². The van der Waals surface area contributed by atoms with Crippen LogP contribution < -0.4 is 9.64 Å². The van der Waals surface area contributed by atoms with Gasteiger partial charge in [-0.25, -0.2) is 4.98 Å². The van der Waals surface area contributed by atoms with Gasteiger partial charge in [-0.2, -0.15) is 4.98 Å². The standard InChI is InChI=1S/C13H19N3O4/c1-2-6-20-11-3-4-14-13(15-11)16-5-7-19-9-10(16)8-12(17)18/h3-4,10H,2,5-9H2,1H3,(H,17,18). The Kier molecular flexibility index (Phi) is 5.11. The maximum atomic E-state index is 10.9. The molecule has 0 amide bonds. The van der Waals surface area contributed by atoms with Gasteiger partial charge in [-0.1, -0.05) is 6.92 Å². The molecule has 110 valence electrons. The van der Waals surface area contributed by atoms with Crippen LogP contribution in [-0.4, -0.2) is 53.5 Å². The molecule has 0 aromatic carbocycles. The van der Waals surface area contributed by atoms with Crippen molar-refractivity contribution in [1.29, 1.82) is 0 Å². The van der Waals surface area contributed by atoms with Gasteiger partial charge < -0.3 is 19.5 Å². The summed E-state index contributed by atoms with van der Waals surface area (Å²) in [6.45, 7) is 4.11. The molecule has 1 aromatic rings. The summed E-state index contributed by atoms with van der Waals surface area (Å²) in [7, 11) is 0. The van der Waals surface area contributed by atoms with E-state index < -0.39 is 5.97 Å². The van der Waals surface area contributed by atoms with Crippen LogP contribution in [-0.2, 0) is 9.53 Å². The van der Waals surface area contributed by atoms with Crippen LogP contribution in [0.3, 0.4) is 0 Å². The molecule has 7 heteroatoms. The molecule has 0 spiro atoms. The highest BCUT2D eigenvalue weighted by molar-refractivity contribution is 5.68. The summed E-state index contributed by atoms with van der Waals surface area (Å²) < 4.78 is 10.8. The first-order valence-corrected chi connectivity index (χ1v) is 6.72. The third-order valence-corrected chi connectivity index (χ3v) is 2.97. The van der Waals surface area contributed by atoms with Crippen molar-refractivity contribution in [2.24, 2.45) is 0 Å². The zero-order valence-corrected chi connectivity index (χ0v) is 11.5. The van der Waals surface area contributed by atoms with Gasteiger partial charge in [-0.05, 0) is 6.42 Å². The Morgan fingerprint density at radius 3 is 3.25 bits per heavy atom. The number of nitrogens with zero attached hydrogens (tertiary/aromatic N) is 3. The molecule has 0 bridgehead atoms. The van der Waals surface area contributed by atoms with E-state index in [1.165, 1.54) is 0 Å². The number of hydrogen-bond donors (Lipinski definition) is 1. The number of rotatable bonds is 6. The normalized spacial score (nSPS) is 18.9. The minimum atomic E-state index is -0.858. The van der Waals surface area contributed by atoms with E-state index in [4.69, 9.17) is 14.6 Å². The van der Waals surface area contributed by atoms with Gasteiger partial charge in [0.15, 0.2) is 0 Å². The van der Waals surface area contributed by atoms with E-state index in [2.05, 4.69) is 9.97 Å². The zero-order chi connectivity index (χ0) is 14.4. The maximum absolute atomic E-state index is 10.9. The number of carbonyl (C=O) groups is 1. The number of aliphatic carboxylic acids is 1. The SMILES string of the molecule is CCCOc1ccnc(N2CCOCC2CC(=O)O)n1. The summed E-state index contributed by atoms with van der Waals surface area (Å²) in [5, 5.41) is 8.95. The fraction of sp³-hybridized carbons (Fsp3) is 0.615. The zero-order valence-electron chi connectivity index (χ0n) is 11.5. The highest BCUT2D eigenvalue weighted by Gasteiger charge is 2.27. The quantitative estimate of drug-likeness (QED) is 0.830. The lowest BCUT2D eigenvalue weighted by molar-refractivity contribution is -0.138. The minimum absolute atomic E-state index is 0.00338. The van der Waals surface area contributed by atoms with Crippen molar-refractivity contribution >= 4 is 11.9 Å². The molecule has 1 atom stereocenters. The topological polar surface area (TPSA) is 84.8 Å². The first-order chi connectivity index (χ1) is 9.70. The third kappa shape index (κ3) is 3.80. The van der Waals surface area contributed by atoms with Crippen molar-refractivity contribution in [3.8, 4) is 5.88 Å². The van der Waals surface area contributed by atoms with Crippen molar-refractivity contribution in [2.45, 2.75) is 25.8 Å². The van der Waals surface area contributed by atoms with Gasteiger partial charge in [0.1, 0.15) is 0 Å². The van der Waals surface area contributed by atoms with Crippen LogP contribution in [0.15, 0.2) is 12.3 Å². The van der Waals surface area contributed by atoms with Crippen LogP contribution in [0.1, 0.15) is 19.8 Å². The molecular weight excluding hydrogens is 262 g/mol. The van der Waals surface area contributed by atoms with Gasteiger partial charge in [-0.3, -0.25) is 4.79 Å². The molecule has 1 aromatic heterocycles. The van der Waals surface area contributed by atoms with Crippen LogP contribution in [0.2, 0.25) is 0 Å². The van der Waals surface area contributed by atoms with Crippen molar-refractivity contribution in [1.82, 2.24) is 9.97 Å². The molecule has 2 rings (SSSR count). The van der Waals surface area contributed by atoms with Gasteiger partial charge in [0.2, 0.25) is 11.8 Å². The van der Waals surface area contributed by atoms with Gasteiger partial charge in [0.25, 0.3) is 0 Å². The monoisotopic (exact) mass is 281 g/mol. The Bertz CT molecular complexity index is 455. The fourth-order valence-electron chi connectivity index (χ4n) is 2.05. The molecule has 0 radical (unpaired) electrons. The van der Waals surface area contributed by atoms with Crippen molar-refractivity contribution < 1.29 is 19.4 Å². The second-order valence-corrected chi connectivity index (χ2v) is 4.56. The number of hydrogen-bond acceptors (Lipinski definition) is 6. The third-order valence-electron chi connectivity index (χ3n) is 2.97. The van der Waals surface area contributed by atoms with Crippen LogP contribution in [0, 0.1) is 0 Å². The molecule has 1 saturated heterocycles. The van der Waals surface area contributed by atoms with Crippen molar-refractivity contribution in [3.63, 3.8) is 0 Å². The first kappa shape index (κ1) is 14.5. The molecule has 1 aliphatic heterocycles. The van der Waals surface area contributed by atoms with Crippen molar-refractivity contribution in [3.05, 3.63) is 12.3 Å². The van der Waals surface area contributed by atoms with Crippen molar-refractivity contribution in [2.75, 3.05) is 31.3 Å². The molecule has 0 aliphatic carbocycles. The molecular formula is C13H19N3O4. The van der Waals surface area contributed by atoms with Crippen LogP contribution >= 0.6 is 0 Å². The molecule has 0 saturated carbocycles. The molecule has 1 aliphatic rings. The van der Waals surface area contributed by atoms with Gasteiger partial charge in [0, 0.05) is 18.8 Å². The molecule has 20 heavy (non-hydrogen) atoms. The fourth-order valence-corrected chi connectivity index (χ4v) is 2.05. The predicted octanol–water partition coefficient (Wildman–Crippen LogP) is 0.945. The van der Waals surface area contributed by atoms with Gasteiger partial charge in [0.05, 0.1) is 32.3 Å². The lowest BCUT2D eigenvalue weighted by Crippen LogP contribution is -2.47. The lowest BCUT2D eigenvalue weighted by Gasteiger charge is -2.34. The average molecular weight is 281 g/mol. The first-order valence-electron chi connectivity index (χ1n) is 6.72. The molecule has 2 heterocycles. The Morgan fingerprint density at radius 2 is 2.50 bits per heavy atom. The highest BCUT2D eigenvalue weighted by Crippen LogP contribution is 2.19. The summed E-state index contributed by atoms with van der Waals surface area (Å²) in [6, 6.07) is 1.45. The highest BCUT2D eigenvalue weighted by atomic mass is 16.5. The summed E-state index contributed by atoms with van der Waals surface area (Å²) in [4.78, 5) is 21.3. The van der Waals surface area contributed by atoms with Crippen LogP contribution in [0.5, 0.6) is 5.88 Å². The van der Waals surface area contributed by atoms with Crippen LogP contribution in [0.4, 0.5) is 5.95 Å². The average Bonchev–Trinajstić information content (AvgIpc) is 2.45. The number of morpholine rings is 1. The minimum Gasteiger partial charge on any atom is -0.481 e. The largest absolute Gasteiger partial charge is 0.481 e. The van der Waals surface area contributed by atoms with E-state index >= 15 is 0 Å². The van der Waals surface area contributed by atoms with Gasteiger partial charge in [-0.15, -0.1) is 0 Å². The molecule has 1 unspecified atom stereocenters. The summed E-state index contributed by atoms with van der Waals surface area (Å²) in [6.07, 6.45) is 2.53. The summed E-state index contributed by atoms with van der Waals surface area (Å²) >= 11 is 0. The number of ether oxygens (including phenoxy) is 2. The molecule has 1 fully saturated rings. The van der Waals surface area contributed by atoms with Crippen LogP contribution in [0.25, 0.3) is 0 Å². The Morgan fingerprint density at radius 1 is 1.65 bits per heavy atom. The number of aromatic nitrogens is 2. The Balaban J connectivity index is 2.12.